The molecule has 0 bridgehead atoms. The molecule has 0 aromatic heterocycles. The molecule has 0 radical (unpaired) electrons. The van der Waals surface area contributed by atoms with Crippen LogP contribution >= 0.6 is 0 Å². The van der Waals surface area contributed by atoms with E-state index >= 15 is 0 Å². The smallest absolute Gasteiger partial charge is 0.380 e. The van der Waals surface area contributed by atoms with Crippen LogP contribution in [0.1, 0.15) is 24.5 Å². The quantitative estimate of drug-likeness (QED) is 0.525. The van der Waals surface area contributed by atoms with Gasteiger partial charge in [0.05, 0.1) is 27.8 Å². The van der Waals surface area contributed by atoms with Gasteiger partial charge in [-0.15, -0.1) is 0 Å². The maximum atomic E-state index is 13.0. The summed E-state index contributed by atoms with van der Waals surface area (Å²) in [4.78, 5) is 12.1. The van der Waals surface area contributed by atoms with Gasteiger partial charge in [-0.25, -0.2) is 12.8 Å². The number of alkyl halides is 3. The normalized spacial score (nSPS) is 13.9. The van der Waals surface area contributed by atoms with Gasteiger partial charge >= 0.3 is 6.18 Å². The van der Waals surface area contributed by atoms with Crippen molar-refractivity contribution in [2.45, 2.75) is 30.0 Å². The van der Waals surface area contributed by atoms with E-state index in [-0.39, 0.29) is 10.6 Å². The number of anilines is 1. The molecule has 0 aliphatic rings. The first-order valence-corrected chi connectivity index (χ1v) is 10.0. The molecule has 30 heavy (non-hydrogen) atoms. The Balaban J connectivity index is 2.14. The predicted molar refractivity (Wildman–Crippen MR) is 98.5 cm³/mol. The Labute approximate surface area is 169 Å². The Morgan fingerprint density at radius 1 is 1.17 bits per heavy atom. The number of aliphatic hydroxyl groups is 1. The number of carbonyl (C=O) groups is 1. The number of hydrogen-bond acceptors (Lipinski definition) is 5. The summed E-state index contributed by atoms with van der Waals surface area (Å²) < 4.78 is 76.6. The number of nitriles is 1. The molecule has 6 nitrogen and oxygen atoms in total. The van der Waals surface area contributed by atoms with Crippen LogP contribution in [0.5, 0.6) is 0 Å². The average molecular weight is 444 g/mol. The van der Waals surface area contributed by atoms with E-state index in [4.69, 9.17) is 5.26 Å². The number of rotatable bonds is 6. The molecule has 1 amide bonds. The summed E-state index contributed by atoms with van der Waals surface area (Å²) in [7, 11) is -3.94. The largest absolute Gasteiger partial charge is 0.417 e. The molecule has 1 atom stereocenters. The van der Waals surface area contributed by atoms with E-state index in [0.29, 0.717) is 6.07 Å². The zero-order valence-electron chi connectivity index (χ0n) is 15.5. The van der Waals surface area contributed by atoms with Crippen LogP contribution in [-0.2, 0) is 20.8 Å². The predicted octanol–water partition coefficient (Wildman–Crippen LogP) is 3.27. The summed E-state index contributed by atoms with van der Waals surface area (Å²) in [5.41, 5.74) is -4.47. The summed E-state index contributed by atoms with van der Waals surface area (Å²) in [6.07, 6.45) is -5.40. The molecule has 2 rings (SSSR count). The molecule has 11 heteroatoms. The first-order valence-electron chi connectivity index (χ1n) is 8.40. The molecule has 0 unspecified atom stereocenters. The summed E-state index contributed by atoms with van der Waals surface area (Å²) in [5, 5.41) is 21.2. The lowest BCUT2D eigenvalue weighted by Gasteiger charge is -2.22. The van der Waals surface area contributed by atoms with Gasteiger partial charge in [-0.05, 0) is 55.8 Å². The maximum Gasteiger partial charge on any atom is 0.417 e. The van der Waals surface area contributed by atoms with Gasteiger partial charge in [-0.3, -0.25) is 4.79 Å². The number of amides is 1. The molecule has 0 saturated carbocycles. The number of nitrogens with zero attached hydrogens (tertiary/aromatic N) is 1. The van der Waals surface area contributed by atoms with Crippen LogP contribution in [0, 0.1) is 17.1 Å². The summed E-state index contributed by atoms with van der Waals surface area (Å²) in [5.74, 6) is -2.43. The molecule has 0 spiro atoms. The fourth-order valence-corrected chi connectivity index (χ4v) is 3.88. The Hall–Kier alpha value is -2.97. The number of hydrogen-bond donors (Lipinski definition) is 2. The van der Waals surface area contributed by atoms with Crippen LogP contribution in [0.4, 0.5) is 23.2 Å². The van der Waals surface area contributed by atoms with Crippen LogP contribution in [0.2, 0.25) is 0 Å². The fourth-order valence-electron chi connectivity index (χ4n) is 2.43. The van der Waals surface area contributed by atoms with Crippen molar-refractivity contribution in [1.82, 2.24) is 0 Å². The average Bonchev–Trinajstić information content (AvgIpc) is 2.66. The highest BCUT2D eigenvalue weighted by atomic mass is 32.2. The third kappa shape index (κ3) is 5.55. The zero-order chi connectivity index (χ0) is 22.7. The molecule has 2 aromatic rings. The molecule has 160 valence electrons. The first kappa shape index (κ1) is 23.3. The van der Waals surface area contributed by atoms with Gasteiger partial charge in [0.1, 0.15) is 11.4 Å². The third-order valence-electron chi connectivity index (χ3n) is 4.22. The molecule has 0 aliphatic heterocycles. The highest BCUT2D eigenvalue weighted by molar-refractivity contribution is 7.91. The van der Waals surface area contributed by atoms with Crippen molar-refractivity contribution in [2.24, 2.45) is 0 Å². The molecule has 0 saturated heterocycles. The number of nitrogens with one attached hydrogen (secondary N) is 1. The van der Waals surface area contributed by atoms with Crippen molar-refractivity contribution < 1.29 is 35.9 Å². The van der Waals surface area contributed by atoms with Crippen LogP contribution in [-0.4, -0.2) is 30.8 Å². The van der Waals surface area contributed by atoms with E-state index < -0.39 is 56.6 Å². The van der Waals surface area contributed by atoms with Crippen molar-refractivity contribution in [1.29, 1.82) is 5.26 Å². The zero-order valence-corrected chi connectivity index (χ0v) is 16.3. The van der Waals surface area contributed by atoms with E-state index in [0.717, 1.165) is 43.3 Å². The SMILES string of the molecule is C[C@](O)(CCS(=O)(=O)c1ccc(F)cc1)C(=O)Nc1ccc(C#N)c(C(F)(F)F)c1. The second-order valence-electron chi connectivity index (χ2n) is 6.62. The van der Waals surface area contributed by atoms with Gasteiger partial charge in [0.25, 0.3) is 5.91 Å². The highest BCUT2D eigenvalue weighted by Crippen LogP contribution is 2.33. The number of benzene rings is 2. The van der Waals surface area contributed by atoms with Gasteiger partial charge in [-0.1, -0.05) is 0 Å². The highest BCUT2D eigenvalue weighted by Gasteiger charge is 2.35. The number of carbonyl (C=O) groups excluding carboxylic acids is 1. The molecular formula is C19H16F4N2O4S. The summed E-state index contributed by atoms with van der Waals surface area (Å²) in [6.45, 7) is 1.01. The Bertz CT molecular complexity index is 1090. The standard InChI is InChI=1S/C19H16F4N2O4S/c1-18(27,8-9-30(28,29)15-6-3-13(20)4-7-15)17(26)25-14-5-2-12(11-24)16(10-14)19(21,22)23/h2-7,10,27H,8-9H2,1H3,(H,25,26)/t18-/m0/s1. The topological polar surface area (TPSA) is 107 Å². The third-order valence-corrected chi connectivity index (χ3v) is 5.95. The summed E-state index contributed by atoms with van der Waals surface area (Å²) in [6, 6.07) is 7.82. The minimum atomic E-state index is -4.84. The monoisotopic (exact) mass is 444 g/mol. The van der Waals surface area contributed by atoms with E-state index in [2.05, 4.69) is 5.32 Å². The first-order chi connectivity index (χ1) is 13.8. The van der Waals surface area contributed by atoms with Crippen LogP contribution in [0.15, 0.2) is 47.4 Å². The molecule has 2 N–H and O–H groups in total. The Morgan fingerprint density at radius 2 is 1.77 bits per heavy atom. The lowest BCUT2D eigenvalue weighted by molar-refractivity contribution is -0.138. The van der Waals surface area contributed by atoms with Crippen molar-refractivity contribution in [2.75, 3.05) is 11.1 Å². The lowest BCUT2D eigenvalue weighted by atomic mass is 10.0. The fraction of sp³-hybridized carbons (Fsp3) is 0.263. The second-order valence-corrected chi connectivity index (χ2v) is 8.73. The van der Waals surface area contributed by atoms with Crippen LogP contribution < -0.4 is 5.32 Å². The van der Waals surface area contributed by atoms with E-state index in [1.54, 1.807) is 0 Å². The van der Waals surface area contributed by atoms with Crippen LogP contribution in [0.25, 0.3) is 0 Å². The van der Waals surface area contributed by atoms with Crippen LogP contribution in [0.3, 0.4) is 0 Å². The van der Waals surface area contributed by atoms with Gasteiger partial charge in [0.2, 0.25) is 0 Å². The van der Waals surface area contributed by atoms with Crippen molar-refractivity contribution in [3.8, 4) is 6.07 Å². The number of halogens is 4. The Kier molecular flexibility index (Phi) is 6.54. The van der Waals surface area contributed by atoms with Crippen molar-refractivity contribution in [3.05, 3.63) is 59.4 Å². The Morgan fingerprint density at radius 3 is 2.30 bits per heavy atom. The van der Waals surface area contributed by atoms with E-state index in [1.165, 1.54) is 6.07 Å². The molecule has 0 fully saturated rings. The molecule has 0 aliphatic carbocycles. The molecular weight excluding hydrogens is 428 g/mol. The summed E-state index contributed by atoms with van der Waals surface area (Å²) >= 11 is 0. The minimum absolute atomic E-state index is 0.206. The lowest BCUT2D eigenvalue weighted by Crippen LogP contribution is -2.41. The number of sulfone groups is 1. The van der Waals surface area contributed by atoms with Gasteiger partial charge < -0.3 is 10.4 Å². The van der Waals surface area contributed by atoms with E-state index in [9.17, 15) is 35.9 Å². The second kappa shape index (κ2) is 8.41. The van der Waals surface area contributed by atoms with Crippen molar-refractivity contribution in [3.63, 3.8) is 0 Å². The van der Waals surface area contributed by atoms with Gasteiger partial charge in [0.15, 0.2) is 9.84 Å². The van der Waals surface area contributed by atoms with Gasteiger partial charge in [0, 0.05) is 5.69 Å². The van der Waals surface area contributed by atoms with E-state index in [1.807, 2.05) is 0 Å². The van der Waals surface area contributed by atoms with Gasteiger partial charge in [-0.2, -0.15) is 18.4 Å². The molecule has 0 heterocycles. The molecule has 2 aromatic carbocycles. The van der Waals surface area contributed by atoms with Crippen molar-refractivity contribution >= 4 is 21.4 Å². The maximum absolute atomic E-state index is 13.0. The minimum Gasteiger partial charge on any atom is -0.380 e.